The third-order valence-corrected chi connectivity index (χ3v) is 1.86. The minimum absolute atomic E-state index is 0.246. The van der Waals surface area contributed by atoms with Gasteiger partial charge in [-0.3, -0.25) is 0 Å². The molecule has 0 spiro atoms. The smallest absolute Gasteiger partial charge is 0.0584 e. The Labute approximate surface area is 69.2 Å². The second kappa shape index (κ2) is 7.98. The number of nitrogens with one attached hydrogen (secondary N) is 2. The molecule has 0 unspecified atom stereocenters. The van der Waals surface area contributed by atoms with E-state index in [1.807, 2.05) is 14.1 Å². The molecule has 0 heterocycles. The lowest BCUT2D eigenvalue weighted by Crippen LogP contribution is -2.28. The second-order valence-electron chi connectivity index (χ2n) is 2.77. The molecule has 11 heavy (non-hydrogen) atoms. The molecule has 0 amide bonds. The molecule has 0 aliphatic carbocycles. The van der Waals surface area contributed by atoms with E-state index in [-0.39, 0.29) is 12.6 Å². The highest BCUT2D eigenvalue weighted by molar-refractivity contribution is 4.62. The summed E-state index contributed by atoms with van der Waals surface area (Å²) in [6, 6.07) is 0.284. The zero-order valence-corrected chi connectivity index (χ0v) is 7.56. The van der Waals surface area contributed by atoms with E-state index < -0.39 is 0 Å². The van der Waals surface area contributed by atoms with Gasteiger partial charge in [-0.05, 0) is 33.5 Å². The molecule has 0 aromatic rings. The zero-order chi connectivity index (χ0) is 8.53. The van der Waals surface area contributed by atoms with Crippen molar-refractivity contribution in [2.24, 2.45) is 0 Å². The van der Waals surface area contributed by atoms with Gasteiger partial charge in [-0.15, -0.1) is 0 Å². The van der Waals surface area contributed by atoms with Crippen LogP contribution in [0.3, 0.4) is 0 Å². The van der Waals surface area contributed by atoms with E-state index >= 15 is 0 Å². The monoisotopic (exact) mass is 160 g/mol. The van der Waals surface area contributed by atoms with Crippen LogP contribution in [0, 0.1) is 0 Å². The molecular weight excluding hydrogens is 140 g/mol. The van der Waals surface area contributed by atoms with Gasteiger partial charge in [0.15, 0.2) is 0 Å². The molecule has 0 saturated heterocycles. The summed E-state index contributed by atoms with van der Waals surface area (Å²) in [5.74, 6) is 0. The van der Waals surface area contributed by atoms with Crippen molar-refractivity contribution in [1.29, 1.82) is 0 Å². The molecule has 0 aromatic heterocycles. The lowest BCUT2D eigenvalue weighted by Gasteiger charge is -2.11. The molecule has 3 nitrogen and oxygen atoms in total. The summed E-state index contributed by atoms with van der Waals surface area (Å²) in [5.41, 5.74) is 0. The number of unbranched alkanes of at least 4 members (excludes halogenated alkanes) is 1. The van der Waals surface area contributed by atoms with E-state index in [2.05, 4.69) is 10.6 Å². The number of aliphatic hydroxyl groups is 1. The van der Waals surface area contributed by atoms with E-state index in [0.717, 1.165) is 13.0 Å². The summed E-state index contributed by atoms with van der Waals surface area (Å²) in [5, 5.41) is 15.0. The van der Waals surface area contributed by atoms with Crippen molar-refractivity contribution in [3.63, 3.8) is 0 Å². The summed E-state index contributed by atoms with van der Waals surface area (Å²) in [7, 11) is 3.85. The van der Waals surface area contributed by atoms with Gasteiger partial charge in [0.1, 0.15) is 0 Å². The fourth-order valence-electron chi connectivity index (χ4n) is 1.02. The maximum absolute atomic E-state index is 8.80. The molecule has 68 valence electrons. The normalized spacial score (nSPS) is 13.4. The van der Waals surface area contributed by atoms with Gasteiger partial charge in [0.25, 0.3) is 0 Å². The van der Waals surface area contributed by atoms with Crippen molar-refractivity contribution in [1.82, 2.24) is 10.6 Å². The highest BCUT2D eigenvalue weighted by atomic mass is 16.3. The highest BCUT2D eigenvalue weighted by Gasteiger charge is 2.01. The Morgan fingerprint density at radius 2 is 2.00 bits per heavy atom. The molecule has 0 rings (SSSR count). The summed E-state index contributed by atoms with van der Waals surface area (Å²) >= 11 is 0. The van der Waals surface area contributed by atoms with Crippen molar-refractivity contribution in [3.8, 4) is 0 Å². The number of hydrogen-bond acceptors (Lipinski definition) is 3. The number of aliphatic hydroxyl groups excluding tert-OH is 1. The van der Waals surface area contributed by atoms with Crippen LogP contribution >= 0.6 is 0 Å². The average Bonchev–Trinajstić information content (AvgIpc) is 2.05. The molecule has 3 N–H and O–H groups in total. The first kappa shape index (κ1) is 10.9. The van der Waals surface area contributed by atoms with Crippen LogP contribution < -0.4 is 10.6 Å². The van der Waals surface area contributed by atoms with Gasteiger partial charge >= 0.3 is 0 Å². The molecule has 0 radical (unpaired) electrons. The predicted octanol–water partition coefficient (Wildman–Crippen LogP) is -0.0436. The minimum atomic E-state index is 0.246. The van der Waals surface area contributed by atoms with Gasteiger partial charge in [0.2, 0.25) is 0 Å². The topological polar surface area (TPSA) is 44.3 Å². The summed E-state index contributed by atoms with van der Waals surface area (Å²) in [6.07, 6.45) is 3.43. The van der Waals surface area contributed by atoms with Crippen LogP contribution in [0.1, 0.15) is 19.3 Å². The summed E-state index contributed by atoms with van der Waals surface area (Å²) < 4.78 is 0. The maximum atomic E-state index is 8.80. The first-order valence-electron chi connectivity index (χ1n) is 4.27. The Balaban J connectivity index is 3.07. The van der Waals surface area contributed by atoms with Gasteiger partial charge in [0.05, 0.1) is 6.61 Å². The van der Waals surface area contributed by atoms with Crippen LogP contribution in [0.15, 0.2) is 0 Å². The maximum Gasteiger partial charge on any atom is 0.0584 e. The fourth-order valence-corrected chi connectivity index (χ4v) is 1.02. The zero-order valence-electron chi connectivity index (χ0n) is 7.56. The Morgan fingerprint density at radius 3 is 2.45 bits per heavy atom. The van der Waals surface area contributed by atoms with Crippen LogP contribution in [0.5, 0.6) is 0 Å². The lowest BCUT2D eigenvalue weighted by molar-refractivity contribution is 0.239. The highest BCUT2D eigenvalue weighted by Crippen LogP contribution is 1.98. The van der Waals surface area contributed by atoms with Gasteiger partial charge in [-0.25, -0.2) is 0 Å². The van der Waals surface area contributed by atoms with Crippen LogP contribution in [0.4, 0.5) is 0 Å². The molecule has 1 atom stereocenters. The molecule has 0 bridgehead atoms. The van der Waals surface area contributed by atoms with Gasteiger partial charge in [-0.1, -0.05) is 6.42 Å². The van der Waals surface area contributed by atoms with Crippen molar-refractivity contribution >= 4 is 0 Å². The summed E-state index contributed by atoms with van der Waals surface area (Å²) in [4.78, 5) is 0. The van der Waals surface area contributed by atoms with E-state index in [1.165, 1.54) is 12.8 Å². The second-order valence-corrected chi connectivity index (χ2v) is 2.77. The first-order valence-corrected chi connectivity index (χ1v) is 4.27. The third-order valence-electron chi connectivity index (χ3n) is 1.86. The largest absolute Gasteiger partial charge is 0.395 e. The molecule has 0 fully saturated rings. The van der Waals surface area contributed by atoms with E-state index in [0.29, 0.717) is 0 Å². The minimum Gasteiger partial charge on any atom is -0.395 e. The SMILES string of the molecule is CNCCCC[C@@H](CO)NC. The molecule has 0 saturated carbocycles. The fraction of sp³-hybridized carbons (Fsp3) is 1.00. The molecule has 0 aromatic carbocycles. The van der Waals surface area contributed by atoms with Gasteiger partial charge in [0, 0.05) is 6.04 Å². The number of likely N-dealkylation sites (N-methyl/N-ethyl adjacent to an activating group) is 1. The number of rotatable bonds is 7. The van der Waals surface area contributed by atoms with E-state index in [4.69, 9.17) is 5.11 Å². The Hall–Kier alpha value is -0.120. The quantitative estimate of drug-likeness (QED) is 0.458. The van der Waals surface area contributed by atoms with Crippen molar-refractivity contribution in [2.45, 2.75) is 25.3 Å². The predicted molar refractivity (Wildman–Crippen MR) is 47.7 cm³/mol. The molecular formula is C8H20N2O. The molecule has 0 aliphatic rings. The van der Waals surface area contributed by atoms with Crippen LogP contribution in [-0.4, -0.2) is 38.4 Å². The summed E-state index contributed by atoms with van der Waals surface area (Å²) in [6.45, 7) is 1.32. The van der Waals surface area contributed by atoms with Gasteiger partial charge in [-0.2, -0.15) is 0 Å². The number of hydrogen-bond donors (Lipinski definition) is 3. The Bertz CT molecular complexity index is 74.5. The van der Waals surface area contributed by atoms with E-state index in [9.17, 15) is 0 Å². The van der Waals surface area contributed by atoms with Crippen molar-refractivity contribution in [2.75, 3.05) is 27.2 Å². The lowest BCUT2D eigenvalue weighted by atomic mass is 10.1. The third kappa shape index (κ3) is 6.28. The Morgan fingerprint density at radius 1 is 1.27 bits per heavy atom. The van der Waals surface area contributed by atoms with Crippen LogP contribution in [0.25, 0.3) is 0 Å². The average molecular weight is 160 g/mol. The van der Waals surface area contributed by atoms with Gasteiger partial charge < -0.3 is 15.7 Å². The molecule has 3 heteroatoms. The van der Waals surface area contributed by atoms with Crippen molar-refractivity contribution in [3.05, 3.63) is 0 Å². The standard InChI is InChI=1S/C8H20N2O/c1-9-6-4-3-5-8(7-11)10-2/h8-11H,3-7H2,1-2H3/t8-/m0/s1. The van der Waals surface area contributed by atoms with Crippen molar-refractivity contribution < 1.29 is 5.11 Å². The van der Waals surface area contributed by atoms with E-state index in [1.54, 1.807) is 0 Å². The molecule has 0 aliphatic heterocycles. The van der Waals surface area contributed by atoms with Crippen LogP contribution in [0.2, 0.25) is 0 Å². The van der Waals surface area contributed by atoms with Crippen LogP contribution in [-0.2, 0) is 0 Å². The first-order chi connectivity index (χ1) is 5.35. The Kier molecular flexibility index (Phi) is 7.89.